The zero-order valence-electron chi connectivity index (χ0n) is 11.5. The molecule has 0 aromatic carbocycles. The number of aryl methyl sites for hydroxylation is 1. The Balaban J connectivity index is 2.78. The molecule has 1 rings (SSSR count). The molecule has 0 aliphatic carbocycles. The van der Waals surface area contributed by atoms with E-state index in [0.717, 1.165) is 0 Å². The molecule has 114 valence electrons. The van der Waals surface area contributed by atoms with Crippen LogP contribution >= 0.6 is 0 Å². The number of carbonyl (C=O) groups excluding carboxylic acids is 1. The maximum Gasteiger partial charge on any atom is 0.273 e. The molecule has 8 nitrogen and oxygen atoms in total. The summed E-state index contributed by atoms with van der Waals surface area (Å²) in [5.41, 5.74) is -0.0454. The Morgan fingerprint density at radius 1 is 1.55 bits per heavy atom. The van der Waals surface area contributed by atoms with E-state index in [4.69, 9.17) is 5.14 Å². The Bertz CT molecular complexity index is 623. The standard InChI is InChI=1S/C10H18N4O4S2/c1-6(19(3)16)4-5-12-10(15)8-9(20(11,17)18)7(2)13-14-8/h6H,4-5H2,1-3H3,(H,12,15)(H,13,14)(H2,11,17,18). The van der Waals surface area contributed by atoms with Crippen LogP contribution in [0.4, 0.5) is 0 Å². The van der Waals surface area contributed by atoms with E-state index in [9.17, 15) is 17.4 Å². The van der Waals surface area contributed by atoms with Gasteiger partial charge in [-0.1, -0.05) is 6.92 Å². The van der Waals surface area contributed by atoms with E-state index in [1.54, 1.807) is 13.2 Å². The van der Waals surface area contributed by atoms with Crippen LogP contribution < -0.4 is 10.5 Å². The van der Waals surface area contributed by atoms with Crippen molar-refractivity contribution in [1.82, 2.24) is 15.5 Å². The summed E-state index contributed by atoms with van der Waals surface area (Å²) < 4.78 is 34.0. The minimum Gasteiger partial charge on any atom is -0.351 e. The number of primary sulfonamides is 1. The molecule has 1 heterocycles. The summed E-state index contributed by atoms with van der Waals surface area (Å²) in [4.78, 5) is 11.6. The minimum absolute atomic E-state index is 0.0612. The summed E-state index contributed by atoms with van der Waals surface area (Å²) in [7, 11) is -5.00. The Morgan fingerprint density at radius 3 is 2.65 bits per heavy atom. The molecule has 0 aliphatic rings. The lowest BCUT2D eigenvalue weighted by atomic mass is 10.3. The Hall–Kier alpha value is -1.26. The van der Waals surface area contributed by atoms with E-state index in [1.165, 1.54) is 6.92 Å². The number of carbonyl (C=O) groups is 1. The van der Waals surface area contributed by atoms with E-state index in [0.29, 0.717) is 6.42 Å². The van der Waals surface area contributed by atoms with Gasteiger partial charge in [-0.15, -0.1) is 0 Å². The largest absolute Gasteiger partial charge is 0.351 e. The zero-order valence-corrected chi connectivity index (χ0v) is 13.1. The highest BCUT2D eigenvalue weighted by atomic mass is 32.2. The van der Waals surface area contributed by atoms with Crippen LogP contribution in [0.1, 0.15) is 29.5 Å². The zero-order chi connectivity index (χ0) is 15.5. The monoisotopic (exact) mass is 322 g/mol. The van der Waals surface area contributed by atoms with Crippen molar-refractivity contribution < 1.29 is 17.4 Å². The number of aromatic amines is 1. The van der Waals surface area contributed by atoms with Crippen LogP contribution in [-0.2, 0) is 20.8 Å². The van der Waals surface area contributed by atoms with Crippen LogP contribution in [-0.4, -0.2) is 46.8 Å². The molecule has 0 radical (unpaired) electrons. The average molecular weight is 322 g/mol. The van der Waals surface area contributed by atoms with Gasteiger partial charge in [0.1, 0.15) is 4.90 Å². The van der Waals surface area contributed by atoms with Gasteiger partial charge in [0.05, 0.1) is 5.69 Å². The van der Waals surface area contributed by atoms with Gasteiger partial charge in [0.2, 0.25) is 10.0 Å². The lowest BCUT2D eigenvalue weighted by Crippen LogP contribution is -2.29. The highest BCUT2D eigenvalue weighted by Crippen LogP contribution is 2.15. The van der Waals surface area contributed by atoms with Crippen molar-refractivity contribution in [2.75, 3.05) is 12.8 Å². The molecule has 0 saturated carbocycles. The maximum absolute atomic E-state index is 11.9. The smallest absolute Gasteiger partial charge is 0.273 e. The minimum atomic E-state index is -4.02. The van der Waals surface area contributed by atoms with E-state index < -0.39 is 26.7 Å². The van der Waals surface area contributed by atoms with Gasteiger partial charge in [-0.05, 0) is 13.3 Å². The Labute approximate surface area is 120 Å². The van der Waals surface area contributed by atoms with Gasteiger partial charge >= 0.3 is 0 Å². The SMILES string of the molecule is Cc1[nH]nc(C(=O)NCCC(C)S(C)=O)c1S(N)(=O)=O. The molecule has 4 N–H and O–H groups in total. The van der Waals surface area contributed by atoms with Crippen molar-refractivity contribution in [1.29, 1.82) is 0 Å². The molecule has 0 aliphatic heterocycles. The number of hydrogen-bond donors (Lipinski definition) is 3. The fraction of sp³-hybridized carbons (Fsp3) is 0.600. The summed E-state index contributed by atoms with van der Waals surface area (Å²) in [6, 6.07) is 0. The molecule has 20 heavy (non-hydrogen) atoms. The number of nitrogens with zero attached hydrogens (tertiary/aromatic N) is 1. The molecule has 1 amide bonds. The van der Waals surface area contributed by atoms with Gasteiger partial charge in [0.15, 0.2) is 5.69 Å². The molecule has 0 saturated heterocycles. The van der Waals surface area contributed by atoms with E-state index in [2.05, 4.69) is 15.5 Å². The first-order chi connectivity index (χ1) is 9.14. The van der Waals surface area contributed by atoms with Crippen molar-refractivity contribution in [3.63, 3.8) is 0 Å². The first-order valence-corrected chi connectivity index (χ1v) is 8.99. The van der Waals surface area contributed by atoms with Crippen molar-refractivity contribution in [2.24, 2.45) is 5.14 Å². The number of H-pyrrole nitrogens is 1. The average Bonchev–Trinajstić information content (AvgIpc) is 2.70. The van der Waals surface area contributed by atoms with Crippen LogP contribution in [0, 0.1) is 6.92 Å². The lowest BCUT2D eigenvalue weighted by Gasteiger charge is -2.08. The summed E-state index contributed by atoms with van der Waals surface area (Å²) in [5, 5.41) is 13.6. The molecule has 10 heteroatoms. The number of hydrogen-bond acceptors (Lipinski definition) is 5. The first kappa shape index (κ1) is 16.8. The fourth-order valence-corrected chi connectivity index (χ4v) is 2.89. The highest BCUT2D eigenvalue weighted by molar-refractivity contribution is 7.89. The highest BCUT2D eigenvalue weighted by Gasteiger charge is 2.25. The van der Waals surface area contributed by atoms with Gasteiger partial charge in [-0.25, -0.2) is 13.6 Å². The number of amides is 1. The van der Waals surface area contributed by atoms with Gasteiger partial charge in [-0.3, -0.25) is 14.1 Å². The van der Waals surface area contributed by atoms with Crippen LogP contribution in [0.15, 0.2) is 4.90 Å². The van der Waals surface area contributed by atoms with Crippen molar-refractivity contribution in [3.8, 4) is 0 Å². The van der Waals surface area contributed by atoms with E-state index in [1.807, 2.05) is 0 Å². The molecule has 0 bridgehead atoms. The maximum atomic E-state index is 11.9. The van der Waals surface area contributed by atoms with Gasteiger partial charge in [-0.2, -0.15) is 5.10 Å². The van der Waals surface area contributed by atoms with Gasteiger partial charge in [0.25, 0.3) is 5.91 Å². The van der Waals surface area contributed by atoms with Crippen molar-refractivity contribution >= 4 is 26.7 Å². The van der Waals surface area contributed by atoms with Crippen LogP contribution in [0.3, 0.4) is 0 Å². The normalized spacial score (nSPS) is 14.8. The number of sulfonamides is 1. The molecule has 0 spiro atoms. The molecule has 2 atom stereocenters. The molecule has 1 aromatic rings. The van der Waals surface area contributed by atoms with E-state index in [-0.39, 0.29) is 28.1 Å². The lowest BCUT2D eigenvalue weighted by molar-refractivity contribution is 0.0945. The summed E-state index contributed by atoms with van der Waals surface area (Å²) in [6.45, 7) is 3.54. The number of nitrogens with one attached hydrogen (secondary N) is 2. The number of rotatable bonds is 6. The number of nitrogens with two attached hydrogens (primary N) is 1. The third kappa shape index (κ3) is 4.12. The topological polar surface area (TPSA) is 135 Å². The second kappa shape index (κ2) is 6.46. The van der Waals surface area contributed by atoms with Gasteiger partial charge in [0, 0.05) is 28.9 Å². The number of aromatic nitrogens is 2. The quantitative estimate of drug-likeness (QED) is 0.633. The molecule has 1 aromatic heterocycles. The second-order valence-corrected chi connectivity index (χ2v) is 7.73. The third-order valence-corrected chi connectivity index (χ3v) is 5.23. The first-order valence-electron chi connectivity index (χ1n) is 5.82. The van der Waals surface area contributed by atoms with Crippen LogP contribution in [0.25, 0.3) is 0 Å². The molecular formula is C10H18N4O4S2. The fourth-order valence-electron chi connectivity index (χ4n) is 1.56. The predicted octanol–water partition coefficient (Wildman–Crippen LogP) is -0.748. The van der Waals surface area contributed by atoms with Crippen molar-refractivity contribution in [2.45, 2.75) is 30.4 Å². The predicted molar refractivity (Wildman–Crippen MR) is 75.2 cm³/mol. The van der Waals surface area contributed by atoms with Crippen LogP contribution in [0.2, 0.25) is 0 Å². The van der Waals surface area contributed by atoms with Crippen LogP contribution in [0.5, 0.6) is 0 Å². The Kier molecular flexibility index (Phi) is 5.42. The van der Waals surface area contributed by atoms with Crippen molar-refractivity contribution in [3.05, 3.63) is 11.4 Å². The summed E-state index contributed by atoms with van der Waals surface area (Å²) >= 11 is 0. The summed E-state index contributed by atoms with van der Waals surface area (Å²) in [6.07, 6.45) is 2.10. The Morgan fingerprint density at radius 2 is 2.15 bits per heavy atom. The third-order valence-electron chi connectivity index (χ3n) is 2.79. The molecule has 0 fully saturated rings. The summed E-state index contributed by atoms with van der Waals surface area (Å²) in [5.74, 6) is -0.632. The van der Waals surface area contributed by atoms with E-state index >= 15 is 0 Å². The molecular weight excluding hydrogens is 304 g/mol. The van der Waals surface area contributed by atoms with Gasteiger partial charge < -0.3 is 5.32 Å². The second-order valence-electron chi connectivity index (χ2n) is 4.43. The molecule has 2 unspecified atom stereocenters.